The molecule has 1 fully saturated rings. The average Bonchev–Trinajstić information content (AvgIpc) is 3.17. The first-order valence-electron chi connectivity index (χ1n) is 9.39. The number of nitrogens with zero attached hydrogens (tertiary/aromatic N) is 5. The first-order valence-corrected chi connectivity index (χ1v) is 9.39. The highest BCUT2D eigenvalue weighted by molar-refractivity contribution is 5.45. The summed E-state index contributed by atoms with van der Waals surface area (Å²) in [5.74, 6) is 1.42. The van der Waals surface area contributed by atoms with Gasteiger partial charge in [0.2, 0.25) is 11.7 Å². The van der Waals surface area contributed by atoms with E-state index in [2.05, 4.69) is 31.1 Å². The number of phenolic OH excluding ortho intramolecular Hbond substituents is 1. The average molecular weight is 365 g/mol. The second-order valence-electron chi connectivity index (χ2n) is 6.93. The first-order chi connectivity index (χ1) is 13.3. The Bertz CT molecular complexity index is 868. The van der Waals surface area contributed by atoms with Crippen molar-refractivity contribution in [1.29, 1.82) is 0 Å². The Balaban J connectivity index is 1.40. The third kappa shape index (κ3) is 4.49. The summed E-state index contributed by atoms with van der Waals surface area (Å²) in [4.78, 5) is 15.2. The zero-order chi connectivity index (χ0) is 18.5. The highest BCUT2D eigenvalue weighted by atomic mass is 16.5. The summed E-state index contributed by atoms with van der Waals surface area (Å²) >= 11 is 0. The van der Waals surface area contributed by atoms with Crippen LogP contribution in [0.1, 0.15) is 37.1 Å². The van der Waals surface area contributed by atoms with E-state index in [1.165, 1.54) is 24.8 Å². The topological polar surface area (TPSA) is 88.2 Å². The Morgan fingerprint density at radius 3 is 3.04 bits per heavy atom. The maximum absolute atomic E-state index is 9.65. The van der Waals surface area contributed by atoms with Crippen molar-refractivity contribution in [3.05, 3.63) is 54.3 Å². The minimum atomic E-state index is 0.329. The lowest BCUT2D eigenvalue weighted by molar-refractivity contribution is 0.117. The van der Waals surface area contributed by atoms with Crippen LogP contribution in [0, 0.1) is 0 Å². The van der Waals surface area contributed by atoms with Crippen molar-refractivity contribution in [3.63, 3.8) is 0 Å². The fourth-order valence-corrected chi connectivity index (χ4v) is 3.65. The molecule has 2 aromatic heterocycles. The van der Waals surface area contributed by atoms with Crippen LogP contribution in [-0.4, -0.2) is 42.7 Å². The van der Waals surface area contributed by atoms with Gasteiger partial charge in [0, 0.05) is 18.4 Å². The van der Waals surface area contributed by atoms with E-state index in [1.807, 2.05) is 12.1 Å². The molecule has 1 N–H and O–H groups in total. The lowest BCUT2D eigenvalue weighted by atomic mass is 9.96. The summed E-state index contributed by atoms with van der Waals surface area (Å²) < 4.78 is 5.45. The van der Waals surface area contributed by atoms with Crippen molar-refractivity contribution in [3.8, 4) is 17.3 Å². The van der Waals surface area contributed by atoms with Gasteiger partial charge in [0.05, 0.1) is 12.7 Å². The minimum Gasteiger partial charge on any atom is -0.508 e. The van der Waals surface area contributed by atoms with E-state index in [0.717, 1.165) is 19.4 Å². The van der Waals surface area contributed by atoms with Crippen molar-refractivity contribution < 1.29 is 9.63 Å². The van der Waals surface area contributed by atoms with Crippen LogP contribution in [0.3, 0.4) is 0 Å². The van der Waals surface area contributed by atoms with Crippen molar-refractivity contribution in [2.24, 2.45) is 0 Å². The van der Waals surface area contributed by atoms with Gasteiger partial charge in [0.1, 0.15) is 11.4 Å². The lowest BCUT2D eigenvalue weighted by Gasteiger charge is -2.34. The smallest absolute Gasteiger partial charge is 0.241 e. The largest absolute Gasteiger partial charge is 0.508 e. The number of aromatic hydroxyl groups is 1. The fraction of sp³-hybridized carbons (Fsp3) is 0.400. The molecule has 0 spiro atoms. The molecule has 0 radical (unpaired) electrons. The number of aromatic nitrogens is 4. The summed E-state index contributed by atoms with van der Waals surface area (Å²) in [6, 6.07) is 8.00. The van der Waals surface area contributed by atoms with E-state index in [1.54, 1.807) is 24.7 Å². The maximum Gasteiger partial charge on any atom is 0.241 e. The van der Waals surface area contributed by atoms with E-state index in [-0.39, 0.29) is 0 Å². The van der Waals surface area contributed by atoms with Crippen molar-refractivity contribution in [1.82, 2.24) is 25.0 Å². The molecule has 0 unspecified atom stereocenters. The van der Waals surface area contributed by atoms with E-state index in [4.69, 9.17) is 4.52 Å². The molecule has 1 aromatic carbocycles. The first kappa shape index (κ1) is 17.6. The van der Waals surface area contributed by atoms with Gasteiger partial charge < -0.3 is 9.63 Å². The van der Waals surface area contributed by atoms with Gasteiger partial charge in [-0.05, 0) is 49.9 Å². The summed E-state index contributed by atoms with van der Waals surface area (Å²) in [5, 5.41) is 13.7. The van der Waals surface area contributed by atoms with Crippen LogP contribution in [0.15, 0.2) is 47.4 Å². The van der Waals surface area contributed by atoms with Crippen LogP contribution in [0.2, 0.25) is 0 Å². The third-order valence-electron chi connectivity index (χ3n) is 5.02. The van der Waals surface area contributed by atoms with Crippen LogP contribution >= 0.6 is 0 Å². The second kappa shape index (κ2) is 8.26. The lowest BCUT2D eigenvalue weighted by Crippen LogP contribution is -2.39. The Morgan fingerprint density at radius 2 is 2.19 bits per heavy atom. The predicted molar refractivity (Wildman–Crippen MR) is 99.8 cm³/mol. The number of benzene rings is 1. The van der Waals surface area contributed by atoms with Crippen LogP contribution in [-0.2, 0) is 13.0 Å². The molecular weight excluding hydrogens is 342 g/mol. The zero-order valence-electron chi connectivity index (χ0n) is 15.2. The number of likely N-dealkylation sites (tertiary alicyclic amines) is 1. The molecule has 0 amide bonds. The molecule has 1 saturated heterocycles. The van der Waals surface area contributed by atoms with E-state index in [9.17, 15) is 5.11 Å². The predicted octanol–water partition coefficient (Wildman–Crippen LogP) is 3.22. The van der Waals surface area contributed by atoms with E-state index >= 15 is 0 Å². The summed E-state index contributed by atoms with van der Waals surface area (Å²) in [5.41, 5.74) is 1.79. The molecule has 3 heterocycles. The molecule has 3 aromatic rings. The van der Waals surface area contributed by atoms with Gasteiger partial charge in [0.15, 0.2) is 0 Å². The number of piperidine rings is 1. The molecule has 4 rings (SSSR count). The molecule has 1 atom stereocenters. The molecule has 1 aliphatic rings. The highest BCUT2D eigenvalue weighted by Crippen LogP contribution is 2.24. The molecule has 1 aliphatic heterocycles. The SMILES string of the molecule is Oc1cccc(CC[C@H]2CCCCN2Cc2nc(-c3cnccn3)no2)c1. The number of hydrogen-bond acceptors (Lipinski definition) is 7. The Kier molecular flexibility index (Phi) is 5.39. The third-order valence-corrected chi connectivity index (χ3v) is 5.02. The van der Waals surface area contributed by atoms with Gasteiger partial charge in [-0.2, -0.15) is 4.98 Å². The van der Waals surface area contributed by atoms with Crippen LogP contribution < -0.4 is 0 Å². The molecule has 7 heteroatoms. The van der Waals surface area contributed by atoms with Gasteiger partial charge in [-0.15, -0.1) is 0 Å². The Morgan fingerprint density at radius 1 is 1.22 bits per heavy atom. The molecule has 7 nitrogen and oxygen atoms in total. The maximum atomic E-state index is 9.65. The van der Waals surface area contributed by atoms with Crippen LogP contribution in [0.5, 0.6) is 5.75 Å². The normalized spacial score (nSPS) is 17.9. The fourth-order valence-electron chi connectivity index (χ4n) is 3.65. The van der Waals surface area contributed by atoms with Gasteiger partial charge in [0.25, 0.3) is 0 Å². The Labute approximate surface area is 158 Å². The molecular formula is C20H23N5O2. The molecule has 0 saturated carbocycles. The van der Waals surface area contributed by atoms with E-state index in [0.29, 0.717) is 35.7 Å². The molecule has 0 bridgehead atoms. The van der Waals surface area contributed by atoms with Crippen molar-refractivity contribution in [2.45, 2.75) is 44.7 Å². The summed E-state index contributed by atoms with van der Waals surface area (Å²) in [7, 11) is 0. The van der Waals surface area contributed by atoms with Gasteiger partial charge in [-0.25, -0.2) is 4.98 Å². The van der Waals surface area contributed by atoms with Crippen molar-refractivity contribution in [2.75, 3.05) is 6.54 Å². The number of aryl methyl sites for hydroxylation is 1. The zero-order valence-corrected chi connectivity index (χ0v) is 15.2. The standard InChI is InChI=1S/C20H23N5O2/c26-17-6-3-4-15(12-17)7-8-16-5-1-2-11-25(16)14-19-23-20(24-27-19)18-13-21-9-10-22-18/h3-4,6,9-10,12-13,16,26H,1-2,5,7-8,11,14H2/t16-/m1/s1. The number of hydrogen-bond donors (Lipinski definition) is 1. The number of rotatable bonds is 6. The quantitative estimate of drug-likeness (QED) is 0.717. The molecule has 0 aliphatic carbocycles. The number of phenols is 1. The van der Waals surface area contributed by atoms with Crippen LogP contribution in [0.25, 0.3) is 11.5 Å². The second-order valence-corrected chi connectivity index (χ2v) is 6.93. The monoisotopic (exact) mass is 365 g/mol. The molecule has 140 valence electrons. The van der Waals surface area contributed by atoms with Gasteiger partial charge >= 0.3 is 0 Å². The summed E-state index contributed by atoms with van der Waals surface area (Å²) in [6.07, 6.45) is 10.5. The van der Waals surface area contributed by atoms with Crippen LogP contribution in [0.4, 0.5) is 0 Å². The minimum absolute atomic E-state index is 0.329. The van der Waals surface area contributed by atoms with Gasteiger partial charge in [-0.3, -0.25) is 9.88 Å². The van der Waals surface area contributed by atoms with Gasteiger partial charge in [-0.1, -0.05) is 23.7 Å². The highest BCUT2D eigenvalue weighted by Gasteiger charge is 2.24. The summed E-state index contributed by atoms with van der Waals surface area (Å²) in [6.45, 7) is 1.69. The Hall–Kier alpha value is -2.80. The van der Waals surface area contributed by atoms with E-state index < -0.39 is 0 Å². The molecule has 27 heavy (non-hydrogen) atoms. The van der Waals surface area contributed by atoms with Crippen molar-refractivity contribution >= 4 is 0 Å².